The first-order valence-electron chi connectivity index (χ1n) is 11.3. The first-order valence-corrected chi connectivity index (χ1v) is 11.3. The molecule has 0 aromatic carbocycles. The first kappa shape index (κ1) is 20.7. The molecule has 4 aliphatic rings. The highest BCUT2D eigenvalue weighted by molar-refractivity contribution is 5.87. The summed E-state index contributed by atoms with van der Waals surface area (Å²) in [6, 6.07) is 0. The minimum absolute atomic E-state index is 0.0259. The van der Waals surface area contributed by atoms with E-state index in [0.29, 0.717) is 12.8 Å². The van der Waals surface area contributed by atoms with E-state index in [1.807, 2.05) is 6.92 Å². The summed E-state index contributed by atoms with van der Waals surface area (Å²) in [5.41, 5.74) is -0.280. The van der Waals surface area contributed by atoms with Crippen LogP contribution in [-0.2, 0) is 4.79 Å². The third-order valence-electron chi connectivity index (χ3n) is 9.95. The normalized spacial score (nSPS) is 53.1. The number of fused-ring (bicyclic) bond motifs is 5. The molecule has 0 unspecified atom stereocenters. The van der Waals surface area contributed by atoms with E-state index in [2.05, 4.69) is 13.8 Å². The van der Waals surface area contributed by atoms with Crippen LogP contribution in [0.4, 0.5) is 4.39 Å². The molecule has 28 heavy (non-hydrogen) atoms. The molecule has 4 rings (SSSR count). The number of carbonyl (C=O) groups is 1. The highest BCUT2D eigenvalue weighted by Crippen LogP contribution is 2.68. The molecule has 0 radical (unpaired) electrons. The quantitative estimate of drug-likeness (QED) is 0.685. The number of ketones is 1. The van der Waals surface area contributed by atoms with Gasteiger partial charge in [-0.05, 0) is 79.4 Å². The standard InChI is InChI=1S/C23H37FO4/c1-12(18(27)11-25)14-4-5-15-19-16(7-9-22(14,15)2)23(3)8-6-13(26)10-17(23)21(28)20(19)24/h12-20,25-27H,4-11H2,1-3H3/t12-,13+,14+,15-,16-,17+,18+,19-,20-,22+,23+/m0/s1. The third kappa shape index (κ3) is 2.75. The van der Waals surface area contributed by atoms with Gasteiger partial charge in [-0.25, -0.2) is 4.39 Å². The lowest BCUT2D eigenvalue weighted by Crippen LogP contribution is -2.61. The Morgan fingerprint density at radius 1 is 1.11 bits per heavy atom. The molecular formula is C23H37FO4. The van der Waals surface area contributed by atoms with Crippen molar-refractivity contribution in [2.24, 2.45) is 46.3 Å². The predicted octanol–water partition coefficient (Wildman–Crippen LogP) is 3.12. The van der Waals surface area contributed by atoms with E-state index >= 15 is 4.39 Å². The average Bonchev–Trinajstić information content (AvgIpc) is 3.03. The molecule has 5 heteroatoms. The van der Waals surface area contributed by atoms with Crippen LogP contribution in [0.15, 0.2) is 0 Å². The number of rotatable bonds is 3. The molecule has 11 atom stereocenters. The second kappa shape index (κ2) is 7.02. The summed E-state index contributed by atoms with van der Waals surface area (Å²) in [6.45, 7) is 6.18. The van der Waals surface area contributed by atoms with Gasteiger partial charge in [0.05, 0.1) is 18.8 Å². The Labute approximate surface area is 167 Å². The average molecular weight is 397 g/mol. The number of hydrogen-bond acceptors (Lipinski definition) is 4. The van der Waals surface area contributed by atoms with Crippen molar-refractivity contribution in [2.45, 2.75) is 84.1 Å². The highest BCUT2D eigenvalue weighted by atomic mass is 19.1. The van der Waals surface area contributed by atoms with Crippen molar-refractivity contribution in [2.75, 3.05) is 6.61 Å². The largest absolute Gasteiger partial charge is 0.394 e. The lowest BCUT2D eigenvalue weighted by Gasteiger charge is -2.61. The number of halogens is 1. The first-order chi connectivity index (χ1) is 13.1. The SMILES string of the molecule is C[C@H]([C@H](O)CO)[C@H]1CC[C@H]2[C@@H]3[C@H](F)C(=O)[C@H]4C[C@H](O)CC[C@]4(C)[C@H]3CC[C@]12C. The molecule has 4 nitrogen and oxygen atoms in total. The second-order valence-electron chi connectivity index (χ2n) is 10.9. The molecule has 0 bridgehead atoms. The molecule has 0 amide bonds. The summed E-state index contributed by atoms with van der Waals surface area (Å²) in [7, 11) is 0. The summed E-state index contributed by atoms with van der Waals surface area (Å²) in [6.07, 6.45) is 3.06. The molecule has 4 saturated carbocycles. The number of aliphatic hydroxyl groups is 3. The Morgan fingerprint density at radius 3 is 2.43 bits per heavy atom. The Hall–Kier alpha value is -0.520. The van der Waals surface area contributed by atoms with E-state index in [4.69, 9.17) is 0 Å². The van der Waals surface area contributed by atoms with Crippen LogP contribution >= 0.6 is 0 Å². The summed E-state index contributed by atoms with van der Waals surface area (Å²) < 4.78 is 15.6. The Morgan fingerprint density at radius 2 is 1.75 bits per heavy atom. The van der Waals surface area contributed by atoms with Gasteiger partial charge in [0.2, 0.25) is 0 Å². The molecule has 3 N–H and O–H groups in total. The van der Waals surface area contributed by atoms with Gasteiger partial charge in [0.15, 0.2) is 12.0 Å². The van der Waals surface area contributed by atoms with Crippen LogP contribution in [0.1, 0.15) is 65.7 Å². The fourth-order valence-corrected chi connectivity index (χ4v) is 8.29. The van der Waals surface area contributed by atoms with Crippen molar-refractivity contribution < 1.29 is 24.5 Å². The van der Waals surface area contributed by atoms with Crippen molar-refractivity contribution in [3.63, 3.8) is 0 Å². The van der Waals surface area contributed by atoms with Gasteiger partial charge in [0, 0.05) is 11.8 Å². The minimum Gasteiger partial charge on any atom is -0.394 e. The predicted molar refractivity (Wildman–Crippen MR) is 104 cm³/mol. The van der Waals surface area contributed by atoms with Gasteiger partial charge in [-0.1, -0.05) is 20.8 Å². The van der Waals surface area contributed by atoms with Gasteiger partial charge in [-0.3, -0.25) is 4.79 Å². The van der Waals surface area contributed by atoms with Crippen molar-refractivity contribution >= 4 is 5.78 Å². The van der Waals surface area contributed by atoms with E-state index in [0.717, 1.165) is 32.1 Å². The number of carbonyl (C=O) groups excluding carboxylic acids is 1. The summed E-state index contributed by atoms with van der Waals surface area (Å²) in [5, 5.41) is 29.8. The zero-order chi connectivity index (χ0) is 20.4. The highest BCUT2D eigenvalue weighted by Gasteiger charge is 2.66. The molecule has 0 aliphatic heterocycles. The van der Waals surface area contributed by atoms with Crippen LogP contribution in [0.3, 0.4) is 0 Å². The van der Waals surface area contributed by atoms with Crippen molar-refractivity contribution in [1.82, 2.24) is 0 Å². The molecule has 0 saturated heterocycles. The Kier molecular flexibility index (Phi) is 5.20. The number of alkyl halides is 1. The van der Waals surface area contributed by atoms with Crippen molar-refractivity contribution in [1.29, 1.82) is 0 Å². The van der Waals surface area contributed by atoms with Gasteiger partial charge >= 0.3 is 0 Å². The zero-order valence-electron chi connectivity index (χ0n) is 17.5. The van der Waals surface area contributed by atoms with Gasteiger partial charge < -0.3 is 15.3 Å². The molecule has 0 aromatic heterocycles. The van der Waals surface area contributed by atoms with Crippen molar-refractivity contribution in [3.8, 4) is 0 Å². The van der Waals surface area contributed by atoms with E-state index in [1.54, 1.807) is 0 Å². The van der Waals surface area contributed by atoms with Gasteiger partial charge in [-0.2, -0.15) is 0 Å². The van der Waals surface area contributed by atoms with E-state index in [9.17, 15) is 20.1 Å². The van der Waals surface area contributed by atoms with Gasteiger partial charge in [0.1, 0.15) is 0 Å². The maximum absolute atomic E-state index is 15.6. The van der Waals surface area contributed by atoms with Crippen LogP contribution in [0.5, 0.6) is 0 Å². The number of hydrogen-bond donors (Lipinski definition) is 3. The Bertz CT molecular complexity index is 626. The van der Waals surface area contributed by atoms with Crippen LogP contribution in [0, 0.1) is 46.3 Å². The van der Waals surface area contributed by atoms with E-state index < -0.39 is 18.4 Å². The Balaban J connectivity index is 1.66. The fraction of sp³-hybridized carbons (Fsp3) is 0.957. The van der Waals surface area contributed by atoms with E-state index in [-0.39, 0.29) is 58.7 Å². The maximum atomic E-state index is 15.6. The number of Topliss-reactive ketones (excluding diaryl/α,β-unsaturated/α-hetero) is 1. The monoisotopic (exact) mass is 396 g/mol. The topological polar surface area (TPSA) is 77.8 Å². The molecule has 0 heterocycles. The lowest BCUT2D eigenvalue weighted by molar-refractivity contribution is -0.176. The fourth-order valence-electron chi connectivity index (χ4n) is 8.29. The van der Waals surface area contributed by atoms with Gasteiger partial charge in [-0.15, -0.1) is 0 Å². The summed E-state index contributed by atoms with van der Waals surface area (Å²) in [5.74, 6) is -0.251. The number of aliphatic hydroxyl groups excluding tert-OH is 3. The van der Waals surface area contributed by atoms with Crippen molar-refractivity contribution in [3.05, 3.63) is 0 Å². The zero-order valence-corrected chi connectivity index (χ0v) is 17.5. The van der Waals surface area contributed by atoms with E-state index in [1.165, 1.54) is 0 Å². The smallest absolute Gasteiger partial charge is 0.170 e. The molecule has 4 fully saturated rings. The molecular weight excluding hydrogens is 359 g/mol. The van der Waals surface area contributed by atoms with Crippen LogP contribution in [-0.4, -0.2) is 46.1 Å². The van der Waals surface area contributed by atoms with Crippen LogP contribution < -0.4 is 0 Å². The minimum atomic E-state index is -1.42. The summed E-state index contributed by atoms with van der Waals surface area (Å²) >= 11 is 0. The molecule has 0 aromatic rings. The van der Waals surface area contributed by atoms with Gasteiger partial charge in [0.25, 0.3) is 0 Å². The maximum Gasteiger partial charge on any atom is 0.170 e. The summed E-state index contributed by atoms with van der Waals surface area (Å²) in [4.78, 5) is 13.1. The molecule has 160 valence electrons. The second-order valence-corrected chi connectivity index (χ2v) is 10.9. The lowest BCUT2D eigenvalue weighted by atomic mass is 9.43. The van der Waals surface area contributed by atoms with Crippen LogP contribution in [0.2, 0.25) is 0 Å². The third-order valence-corrected chi connectivity index (χ3v) is 9.95. The molecule has 0 spiro atoms. The molecule has 4 aliphatic carbocycles. The van der Waals surface area contributed by atoms with Crippen LogP contribution in [0.25, 0.3) is 0 Å².